The summed E-state index contributed by atoms with van der Waals surface area (Å²) >= 11 is 0. The molecule has 0 unspecified atom stereocenters. The van der Waals surface area contributed by atoms with Crippen molar-refractivity contribution >= 4 is 100 Å². The molecule has 0 saturated heterocycles. The van der Waals surface area contributed by atoms with E-state index < -0.39 is 0 Å². The highest BCUT2D eigenvalue weighted by Gasteiger charge is 2.44. The molecule has 2 nitrogen and oxygen atoms in total. The Hall–Kier alpha value is -12.6. The third kappa shape index (κ3) is 9.34. The van der Waals surface area contributed by atoms with E-state index in [1.807, 2.05) is 0 Å². The van der Waals surface area contributed by atoms with E-state index in [0.717, 1.165) is 45.3 Å². The summed E-state index contributed by atoms with van der Waals surface area (Å²) in [6.07, 6.45) is 0. The summed E-state index contributed by atoms with van der Waals surface area (Å²) in [6, 6.07) is 138. The molecule has 3 heteroatoms. The zero-order chi connectivity index (χ0) is 63.9. The standard InChI is InChI=1S/C94H61BN2/c1-5-30-72-62(22-1)26-17-42-84(72)80-38-13-9-34-76(80)66-48-54-70(55-49-66)96-90-58-52-68(78-36-11-15-40-82(78)86-44-19-28-64-24-3-7-32-74(64)86)60-88(90)95-89-61-69(79-37-12-16-41-83(79)87-45-20-29-65-25-4-8-33-75(65)87)53-59-91(89)97(93-47-21-46-92(96)94(93)95)71-56-50-67(51-57-71)77-35-10-14-39-81(77)85-43-18-27-63-23-2-6-31-73(63)85/h1-61H. The van der Waals surface area contributed by atoms with Gasteiger partial charge in [0.25, 0.3) is 6.71 Å². The Morgan fingerprint density at radius 3 is 0.753 bits per heavy atom. The number of benzene rings is 17. The first-order chi connectivity index (χ1) is 48.1. The van der Waals surface area contributed by atoms with Crippen LogP contribution < -0.4 is 26.2 Å². The average molecular weight is 1230 g/mol. The molecule has 0 spiro atoms. The molecule has 0 aromatic heterocycles. The van der Waals surface area contributed by atoms with Crippen molar-refractivity contribution in [3.05, 3.63) is 370 Å². The van der Waals surface area contributed by atoms with E-state index in [2.05, 4.69) is 380 Å². The molecule has 2 heterocycles. The highest BCUT2D eigenvalue weighted by Crippen LogP contribution is 2.49. The van der Waals surface area contributed by atoms with Crippen molar-refractivity contribution in [2.24, 2.45) is 0 Å². The van der Waals surface area contributed by atoms with Crippen molar-refractivity contribution in [3.63, 3.8) is 0 Å². The highest BCUT2D eigenvalue weighted by atomic mass is 15.2. The van der Waals surface area contributed by atoms with Gasteiger partial charge in [0, 0.05) is 34.1 Å². The van der Waals surface area contributed by atoms with Gasteiger partial charge in [0.2, 0.25) is 0 Å². The van der Waals surface area contributed by atoms with E-state index in [9.17, 15) is 0 Å². The van der Waals surface area contributed by atoms with E-state index in [-0.39, 0.29) is 6.71 Å². The fourth-order valence-electron chi connectivity index (χ4n) is 16.1. The lowest BCUT2D eigenvalue weighted by atomic mass is 9.33. The Morgan fingerprint density at radius 1 is 0.175 bits per heavy atom. The normalized spacial score (nSPS) is 12.3. The van der Waals surface area contributed by atoms with Crippen LogP contribution in [0.1, 0.15) is 0 Å². The van der Waals surface area contributed by atoms with E-state index >= 15 is 0 Å². The summed E-state index contributed by atoms with van der Waals surface area (Å²) in [7, 11) is 0. The Labute approximate surface area is 565 Å². The van der Waals surface area contributed by atoms with E-state index in [1.54, 1.807) is 0 Å². The van der Waals surface area contributed by atoms with Gasteiger partial charge in [0.15, 0.2) is 0 Å². The SMILES string of the molecule is c1ccc(-c2cccc3ccccc23)c(-c2ccc(N3c4ccc(-c5ccccc5-c5cccc6ccccc56)cc4B4c5cc(-c6ccccc6-c6cccc7ccccc67)ccc5N(c5ccc(-c6ccccc6-c6cccc7ccccc67)cc5)c5cccc3c54)cc2)c1. The first-order valence-corrected chi connectivity index (χ1v) is 33.7. The number of hydrogen-bond acceptors (Lipinski definition) is 2. The molecular formula is C94H61BN2. The summed E-state index contributed by atoms with van der Waals surface area (Å²) in [4.78, 5) is 5.09. The van der Waals surface area contributed by atoms with E-state index in [0.29, 0.717) is 0 Å². The molecule has 0 atom stereocenters. The lowest BCUT2D eigenvalue weighted by Gasteiger charge is -2.44. The van der Waals surface area contributed by atoms with Gasteiger partial charge >= 0.3 is 0 Å². The molecule has 0 saturated carbocycles. The summed E-state index contributed by atoms with van der Waals surface area (Å²) in [6.45, 7) is -0.170. The van der Waals surface area contributed by atoms with Gasteiger partial charge < -0.3 is 9.80 Å². The molecule has 2 aliphatic rings. The number of rotatable bonds is 10. The van der Waals surface area contributed by atoms with Crippen molar-refractivity contribution in [1.82, 2.24) is 0 Å². The zero-order valence-electron chi connectivity index (χ0n) is 53.2. The predicted molar refractivity (Wildman–Crippen MR) is 414 cm³/mol. The van der Waals surface area contributed by atoms with Gasteiger partial charge in [-0.15, -0.1) is 0 Å². The number of anilines is 6. The first kappa shape index (κ1) is 56.0. The second-order valence-corrected chi connectivity index (χ2v) is 25.7. The molecule has 0 fully saturated rings. The molecule has 450 valence electrons. The van der Waals surface area contributed by atoms with Gasteiger partial charge in [-0.2, -0.15) is 0 Å². The monoisotopic (exact) mass is 1230 g/mol. The molecule has 17 aromatic rings. The van der Waals surface area contributed by atoms with Crippen molar-refractivity contribution in [2.75, 3.05) is 9.80 Å². The lowest BCUT2D eigenvalue weighted by Crippen LogP contribution is -2.61. The fourth-order valence-corrected chi connectivity index (χ4v) is 16.1. The summed E-state index contributed by atoms with van der Waals surface area (Å²) < 4.78 is 0. The van der Waals surface area contributed by atoms with Gasteiger partial charge in [-0.05, 0) is 197 Å². The van der Waals surface area contributed by atoms with Crippen LogP contribution in [0.4, 0.5) is 34.1 Å². The number of hydrogen-bond donors (Lipinski definition) is 0. The molecular weight excluding hydrogens is 1170 g/mol. The zero-order valence-corrected chi connectivity index (χ0v) is 53.2. The van der Waals surface area contributed by atoms with Gasteiger partial charge in [0.1, 0.15) is 0 Å². The van der Waals surface area contributed by atoms with Gasteiger partial charge in [-0.25, -0.2) is 0 Å². The first-order valence-electron chi connectivity index (χ1n) is 33.7. The van der Waals surface area contributed by atoms with E-state index in [4.69, 9.17) is 0 Å². The van der Waals surface area contributed by atoms with Crippen molar-refractivity contribution in [1.29, 1.82) is 0 Å². The second kappa shape index (κ2) is 23.2. The Bertz CT molecular complexity index is 5600. The minimum absolute atomic E-state index is 0.170. The Kier molecular flexibility index (Phi) is 13.4. The maximum absolute atomic E-state index is 2.54. The molecule has 0 N–H and O–H groups in total. The van der Waals surface area contributed by atoms with Crippen LogP contribution in [0, 0.1) is 0 Å². The van der Waals surface area contributed by atoms with Crippen LogP contribution in [-0.4, -0.2) is 6.71 Å². The molecule has 0 radical (unpaired) electrons. The predicted octanol–water partition coefficient (Wildman–Crippen LogP) is 23.7. The number of fused-ring (bicyclic) bond motifs is 8. The van der Waals surface area contributed by atoms with Crippen LogP contribution in [-0.2, 0) is 0 Å². The molecule has 97 heavy (non-hydrogen) atoms. The Morgan fingerprint density at radius 2 is 0.423 bits per heavy atom. The molecule has 2 aliphatic heterocycles. The maximum Gasteiger partial charge on any atom is 0.252 e. The Balaban J connectivity index is 0.827. The van der Waals surface area contributed by atoms with Crippen LogP contribution >= 0.6 is 0 Å². The molecule has 19 rings (SSSR count). The van der Waals surface area contributed by atoms with Crippen molar-refractivity contribution in [3.8, 4) is 89.0 Å². The third-order valence-electron chi connectivity index (χ3n) is 20.5. The summed E-state index contributed by atoms with van der Waals surface area (Å²) in [5.41, 5.74) is 29.7. The molecule has 17 aromatic carbocycles. The summed E-state index contributed by atoms with van der Waals surface area (Å²) in [5.74, 6) is 0. The fraction of sp³-hybridized carbons (Fsp3) is 0. The van der Waals surface area contributed by atoms with Crippen LogP contribution in [0.15, 0.2) is 370 Å². The van der Waals surface area contributed by atoms with Gasteiger partial charge in [-0.1, -0.05) is 322 Å². The second-order valence-electron chi connectivity index (χ2n) is 25.7. The lowest BCUT2D eigenvalue weighted by molar-refractivity contribution is 1.25. The molecule has 0 aliphatic carbocycles. The van der Waals surface area contributed by atoms with Crippen molar-refractivity contribution < 1.29 is 0 Å². The largest absolute Gasteiger partial charge is 0.311 e. The van der Waals surface area contributed by atoms with Gasteiger partial charge in [-0.3, -0.25) is 0 Å². The smallest absolute Gasteiger partial charge is 0.252 e. The van der Waals surface area contributed by atoms with Gasteiger partial charge in [0.05, 0.1) is 0 Å². The maximum atomic E-state index is 2.54. The van der Waals surface area contributed by atoms with E-state index in [1.165, 1.54) is 137 Å². The third-order valence-corrected chi connectivity index (χ3v) is 20.5. The summed E-state index contributed by atoms with van der Waals surface area (Å²) in [5, 5.41) is 9.89. The molecule has 0 amide bonds. The quantitative estimate of drug-likeness (QED) is 0.126. The minimum Gasteiger partial charge on any atom is -0.311 e. The van der Waals surface area contributed by atoms with Crippen LogP contribution in [0.2, 0.25) is 0 Å². The van der Waals surface area contributed by atoms with Crippen LogP contribution in [0.3, 0.4) is 0 Å². The average Bonchev–Trinajstić information content (AvgIpc) is 0.698. The van der Waals surface area contributed by atoms with Crippen LogP contribution in [0.25, 0.3) is 132 Å². The van der Waals surface area contributed by atoms with Crippen molar-refractivity contribution in [2.45, 2.75) is 0 Å². The highest BCUT2D eigenvalue weighted by molar-refractivity contribution is 7.00. The topological polar surface area (TPSA) is 6.48 Å². The van der Waals surface area contributed by atoms with Crippen LogP contribution in [0.5, 0.6) is 0 Å². The molecule has 0 bridgehead atoms. The minimum atomic E-state index is -0.170. The number of nitrogens with zero attached hydrogens (tertiary/aromatic N) is 2.